The lowest BCUT2D eigenvalue weighted by atomic mass is 10.2. The standard InChI is InChI=1S/C10H13ClN2O/c1-2-8-9(11)12-6-13-10(8)14-5-7-3-4-7/h6-7H,2-5H2,1H3. The van der Waals surface area contributed by atoms with Crippen LogP contribution in [-0.2, 0) is 6.42 Å². The van der Waals surface area contributed by atoms with Gasteiger partial charge in [0.2, 0.25) is 5.88 Å². The van der Waals surface area contributed by atoms with Gasteiger partial charge in [-0.1, -0.05) is 18.5 Å². The van der Waals surface area contributed by atoms with Gasteiger partial charge in [-0.05, 0) is 25.2 Å². The van der Waals surface area contributed by atoms with E-state index >= 15 is 0 Å². The molecule has 0 aromatic carbocycles. The Morgan fingerprint density at radius 1 is 1.50 bits per heavy atom. The summed E-state index contributed by atoms with van der Waals surface area (Å²) in [6.45, 7) is 2.79. The second-order valence-corrected chi connectivity index (χ2v) is 3.91. The molecule has 1 heterocycles. The highest BCUT2D eigenvalue weighted by Gasteiger charge is 2.22. The topological polar surface area (TPSA) is 35.0 Å². The first-order chi connectivity index (χ1) is 6.81. The molecule has 0 unspecified atom stereocenters. The Labute approximate surface area is 88.5 Å². The van der Waals surface area contributed by atoms with E-state index in [9.17, 15) is 0 Å². The van der Waals surface area contributed by atoms with Crippen LogP contribution in [0.15, 0.2) is 6.33 Å². The Morgan fingerprint density at radius 3 is 2.93 bits per heavy atom. The minimum atomic E-state index is 0.508. The highest BCUT2D eigenvalue weighted by Crippen LogP contribution is 2.30. The molecule has 0 N–H and O–H groups in total. The lowest BCUT2D eigenvalue weighted by Gasteiger charge is -2.08. The predicted octanol–water partition coefficient (Wildman–Crippen LogP) is 2.48. The van der Waals surface area contributed by atoms with E-state index < -0.39 is 0 Å². The highest BCUT2D eigenvalue weighted by molar-refractivity contribution is 6.30. The summed E-state index contributed by atoms with van der Waals surface area (Å²) in [6, 6.07) is 0. The van der Waals surface area contributed by atoms with Gasteiger partial charge in [-0.3, -0.25) is 0 Å². The normalized spacial score (nSPS) is 15.6. The summed E-state index contributed by atoms with van der Waals surface area (Å²) in [5.74, 6) is 1.38. The summed E-state index contributed by atoms with van der Waals surface area (Å²) in [4.78, 5) is 8.02. The molecule has 0 bridgehead atoms. The van der Waals surface area contributed by atoms with Gasteiger partial charge in [-0.25, -0.2) is 9.97 Å². The van der Waals surface area contributed by atoms with Gasteiger partial charge in [-0.2, -0.15) is 0 Å². The zero-order valence-electron chi connectivity index (χ0n) is 8.16. The van der Waals surface area contributed by atoms with Gasteiger partial charge in [-0.15, -0.1) is 0 Å². The van der Waals surface area contributed by atoms with Crippen LogP contribution in [0.5, 0.6) is 5.88 Å². The van der Waals surface area contributed by atoms with Crippen molar-refractivity contribution in [1.82, 2.24) is 9.97 Å². The van der Waals surface area contributed by atoms with Gasteiger partial charge in [0.25, 0.3) is 0 Å². The summed E-state index contributed by atoms with van der Waals surface area (Å²) in [5.41, 5.74) is 0.912. The maximum absolute atomic E-state index is 5.93. The van der Waals surface area contributed by atoms with E-state index in [1.807, 2.05) is 6.92 Å². The fourth-order valence-corrected chi connectivity index (χ4v) is 1.54. The van der Waals surface area contributed by atoms with Crippen molar-refractivity contribution in [3.05, 3.63) is 17.0 Å². The van der Waals surface area contributed by atoms with Crippen LogP contribution in [0.25, 0.3) is 0 Å². The van der Waals surface area contributed by atoms with E-state index in [0.29, 0.717) is 11.0 Å². The van der Waals surface area contributed by atoms with Crippen LogP contribution in [0, 0.1) is 5.92 Å². The van der Waals surface area contributed by atoms with E-state index in [-0.39, 0.29) is 0 Å². The fourth-order valence-electron chi connectivity index (χ4n) is 1.28. The van der Waals surface area contributed by atoms with Crippen LogP contribution in [0.2, 0.25) is 5.15 Å². The number of halogens is 1. The molecular weight excluding hydrogens is 200 g/mol. The molecule has 0 saturated heterocycles. The zero-order valence-corrected chi connectivity index (χ0v) is 8.92. The van der Waals surface area contributed by atoms with Gasteiger partial charge in [0.1, 0.15) is 11.5 Å². The van der Waals surface area contributed by atoms with Crippen molar-refractivity contribution in [3.63, 3.8) is 0 Å². The Bertz CT molecular complexity index is 326. The Balaban J connectivity index is 2.09. The SMILES string of the molecule is CCc1c(Cl)ncnc1OCC1CC1. The van der Waals surface area contributed by atoms with Crippen molar-refractivity contribution in [2.45, 2.75) is 26.2 Å². The molecule has 0 atom stereocenters. The zero-order chi connectivity index (χ0) is 9.97. The van der Waals surface area contributed by atoms with Gasteiger partial charge >= 0.3 is 0 Å². The van der Waals surface area contributed by atoms with Crippen LogP contribution >= 0.6 is 11.6 Å². The monoisotopic (exact) mass is 212 g/mol. The summed E-state index contributed by atoms with van der Waals surface area (Å²) >= 11 is 5.93. The Hall–Kier alpha value is -0.830. The third-order valence-corrected chi connectivity index (χ3v) is 2.69. The first-order valence-electron chi connectivity index (χ1n) is 4.93. The molecule has 3 nitrogen and oxygen atoms in total. The lowest BCUT2D eigenvalue weighted by molar-refractivity contribution is 0.285. The largest absolute Gasteiger partial charge is 0.477 e. The third-order valence-electron chi connectivity index (χ3n) is 2.36. The first kappa shape index (κ1) is 9.71. The minimum Gasteiger partial charge on any atom is -0.477 e. The molecule has 1 fully saturated rings. The second kappa shape index (κ2) is 4.13. The summed E-state index contributed by atoms with van der Waals surface area (Å²) < 4.78 is 5.60. The number of ether oxygens (including phenoxy) is 1. The molecule has 4 heteroatoms. The quantitative estimate of drug-likeness (QED) is 0.720. The maximum Gasteiger partial charge on any atom is 0.221 e. The lowest BCUT2D eigenvalue weighted by Crippen LogP contribution is -2.04. The number of nitrogens with zero attached hydrogens (tertiary/aromatic N) is 2. The first-order valence-corrected chi connectivity index (χ1v) is 5.31. The molecule has 1 aromatic rings. The Kier molecular flexibility index (Phi) is 2.87. The summed E-state index contributed by atoms with van der Waals surface area (Å²) in [7, 11) is 0. The fraction of sp³-hybridized carbons (Fsp3) is 0.600. The number of aromatic nitrogens is 2. The van der Waals surface area contributed by atoms with Crippen molar-refractivity contribution in [3.8, 4) is 5.88 Å². The summed E-state index contributed by atoms with van der Waals surface area (Å²) in [6.07, 6.45) is 4.81. The number of hydrogen-bond acceptors (Lipinski definition) is 3. The van der Waals surface area contributed by atoms with E-state index in [4.69, 9.17) is 16.3 Å². The van der Waals surface area contributed by atoms with Crippen LogP contribution < -0.4 is 4.74 Å². The van der Waals surface area contributed by atoms with Crippen LogP contribution in [0.1, 0.15) is 25.3 Å². The average Bonchev–Trinajstić information content (AvgIpc) is 2.98. The van der Waals surface area contributed by atoms with Gasteiger partial charge in [0.05, 0.1) is 12.2 Å². The van der Waals surface area contributed by atoms with Crippen LogP contribution in [0.4, 0.5) is 0 Å². The molecule has 0 aliphatic heterocycles. The molecule has 1 aliphatic carbocycles. The molecule has 0 radical (unpaired) electrons. The van der Waals surface area contributed by atoms with E-state index in [1.54, 1.807) is 0 Å². The summed E-state index contributed by atoms with van der Waals surface area (Å²) in [5, 5.41) is 0.508. The highest BCUT2D eigenvalue weighted by atomic mass is 35.5. The molecule has 1 saturated carbocycles. The van der Waals surface area contributed by atoms with Gasteiger partial charge in [0, 0.05) is 0 Å². The van der Waals surface area contributed by atoms with Crippen molar-refractivity contribution in [2.75, 3.05) is 6.61 Å². The van der Waals surface area contributed by atoms with Crippen LogP contribution in [0.3, 0.4) is 0 Å². The van der Waals surface area contributed by atoms with Gasteiger partial charge < -0.3 is 4.74 Å². The molecule has 2 rings (SSSR count). The second-order valence-electron chi connectivity index (χ2n) is 3.56. The van der Waals surface area contributed by atoms with E-state index in [0.717, 1.165) is 24.5 Å². The molecular formula is C10H13ClN2O. The van der Waals surface area contributed by atoms with Gasteiger partial charge in [0.15, 0.2) is 0 Å². The molecule has 14 heavy (non-hydrogen) atoms. The van der Waals surface area contributed by atoms with E-state index in [2.05, 4.69) is 9.97 Å². The molecule has 0 spiro atoms. The van der Waals surface area contributed by atoms with Crippen molar-refractivity contribution >= 4 is 11.6 Å². The molecule has 0 amide bonds. The van der Waals surface area contributed by atoms with Crippen molar-refractivity contribution in [2.24, 2.45) is 5.92 Å². The molecule has 1 aromatic heterocycles. The minimum absolute atomic E-state index is 0.508. The third kappa shape index (κ3) is 2.15. The smallest absolute Gasteiger partial charge is 0.221 e. The number of rotatable bonds is 4. The van der Waals surface area contributed by atoms with E-state index in [1.165, 1.54) is 19.2 Å². The Morgan fingerprint density at radius 2 is 2.29 bits per heavy atom. The molecule has 1 aliphatic rings. The average molecular weight is 213 g/mol. The predicted molar refractivity (Wildman–Crippen MR) is 54.6 cm³/mol. The maximum atomic E-state index is 5.93. The van der Waals surface area contributed by atoms with Crippen molar-refractivity contribution in [1.29, 1.82) is 0 Å². The molecule has 76 valence electrons. The number of hydrogen-bond donors (Lipinski definition) is 0. The van der Waals surface area contributed by atoms with Crippen molar-refractivity contribution < 1.29 is 4.74 Å². The van der Waals surface area contributed by atoms with Crippen LogP contribution in [-0.4, -0.2) is 16.6 Å².